The van der Waals surface area contributed by atoms with Crippen molar-refractivity contribution in [2.45, 2.75) is 38.1 Å². The maximum Gasteiger partial charge on any atom is 0.338 e. The van der Waals surface area contributed by atoms with Crippen LogP contribution in [-0.2, 0) is 9.53 Å². The van der Waals surface area contributed by atoms with Gasteiger partial charge in [0.25, 0.3) is 11.8 Å². The first kappa shape index (κ1) is 20.2. The second-order valence-corrected chi connectivity index (χ2v) is 10.1. The maximum absolute atomic E-state index is 12.5. The van der Waals surface area contributed by atoms with Gasteiger partial charge in [0.05, 0.1) is 10.4 Å². The van der Waals surface area contributed by atoms with E-state index in [1.807, 2.05) is 11.4 Å². The molecule has 0 saturated heterocycles. The number of thiophene rings is 1. The summed E-state index contributed by atoms with van der Waals surface area (Å²) in [5.41, 5.74) is 0.803. The molecule has 162 valence electrons. The number of esters is 1. The van der Waals surface area contributed by atoms with Gasteiger partial charge in [0.1, 0.15) is 0 Å². The maximum atomic E-state index is 12.5. The Morgan fingerprint density at radius 3 is 2.39 bits per heavy atom. The van der Waals surface area contributed by atoms with Gasteiger partial charge < -0.3 is 15.4 Å². The van der Waals surface area contributed by atoms with Crippen molar-refractivity contribution in [3.8, 4) is 0 Å². The summed E-state index contributed by atoms with van der Waals surface area (Å²) in [5.74, 6) is 1.83. The van der Waals surface area contributed by atoms with Crippen molar-refractivity contribution in [3.05, 3.63) is 52.2 Å². The molecule has 0 aliphatic heterocycles. The summed E-state index contributed by atoms with van der Waals surface area (Å²) in [5, 5.41) is 7.75. The van der Waals surface area contributed by atoms with Gasteiger partial charge in [-0.25, -0.2) is 4.79 Å². The van der Waals surface area contributed by atoms with Crippen LogP contribution in [-0.4, -0.2) is 30.4 Å². The van der Waals surface area contributed by atoms with Gasteiger partial charge in [0.2, 0.25) is 0 Å². The van der Waals surface area contributed by atoms with E-state index in [2.05, 4.69) is 10.6 Å². The summed E-state index contributed by atoms with van der Waals surface area (Å²) in [4.78, 5) is 37.7. The Bertz CT molecular complexity index is 959. The number of benzene rings is 1. The highest BCUT2D eigenvalue weighted by Gasteiger charge is 2.48. The highest BCUT2D eigenvalue weighted by Crippen LogP contribution is 2.53. The van der Waals surface area contributed by atoms with Crippen LogP contribution in [0.3, 0.4) is 0 Å². The van der Waals surface area contributed by atoms with E-state index in [1.54, 1.807) is 30.3 Å². The second-order valence-electron chi connectivity index (χ2n) is 9.11. The molecular weight excluding hydrogens is 412 g/mol. The molecule has 1 aromatic carbocycles. The summed E-state index contributed by atoms with van der Waals surface area (Å²) in [7, 11) is 0. The van der Waals surface area contributed by atoms with Crippen LogP contribution in [0.5, 0.6) is 0 Å². The molecule has 7 heteroatoms. The van der Waals surface area contributed by atoms with Crippen molar-refractivity contribution < 1.29 is 19.1 Å². The van der Waals surface area contributed by atoms with E-state index in [4.69, 9.17) is 4.74 Å². The minimum absolute atomic E-state index is 0.226. The van der Waals surface area contributed by atoms with Crippen molar-refractivity contribution in [2.24, 2.45) is 23.7 Å². The molecule has 4 aliphatic carbocycles. The Balaban J connectivity index is 1.14. The SMILES string of the molecule is O=C(COC(=O)c1cccc(NC(=O)c2cccs2)c1)NC1C2CC3CC(C2)CC1C3. The van der Waals surface area contributed by atoms with E-state index >= 15 is 0 Å². The van der Waals surface area contributed by atoms with Crippen molar-refractivity contribution in [1.82, 2.24) is 5.32 Å². The Kier molecular flexibility index (Phi) is 5.52. The lowest BCUT2D eigenvalue weighted by Gasteiger charge is -2.54. The Morgan fingerprint density at radius 2 is 1.71 bits per heavy atom. The summed E-state index contributed by atoms with van der Waals surface area (Å²) < 4.78 is 5.25. The van der Waals surface area contributed by atoms with Crippen molar-refractivity contribution in [2.75, 3.05) is 11.9 Å². The first-order chi connectivity index (χ1) is 15.0. The van der Waals surface area contributed by atoms with Crippen LogP contribution in [0.1, 0.15) is 52.1 Å². The lowest BCUT2D eigenvalue weighted by Crippen LogP contribution is -2.56. The smallest absolute Gasteiger partial charge is 0.338 e. The molecule has 0 radical (unpaired) electrons. The zero-order valence-electron chi connectivity index (χ0n) is 17.2. The fourth-order valence-electron chi connectivity index (χ4n) is 5.93. The highest BCUT2D eigenvalue weighted by atomic mass is 32.1. The molecular formula is C24H26N2O4S. The summed E-state index contributed by atoms with van der Waals surface area (Å²) in [6.45, 7) is -0.284. The molecule has 0 spiro atoms. The largest absolute Gasteiger partial charge is 0.452 e. The third kappa shape index (κ3) is 4.37. The van der Waals surface area contributed by atoms with Crippen molar-refractivity contribution in [3.63, 3.8) is 0 Å². The van der Waals surface area contributed by atoms with Crippen LogP contribution in [0.15, 0.2) is 41.8 Å². The van der Waals surface area contributed by atoms with Gasteiger partial charge in [-0.1, -0.05) is 12.1 Å². The average Bonchev–Trinajstić information content (AvgIpc) is 3.29. The van der Waals surface area contributed by atoms with Gasteiger partial charge in [0.15, 0.2) is 6.61 Å². The van der Waals surface area contributed by atoms with Gasteiger partial charge in [0, 0.05) is 11.7 Å². The predicted molar refractivity (Wildman–Crippen MR) is 118 cm³/mol. The number of carbonyl (C=O) groups is 3. The van der Waals surface area contributed by atoms with Crippen LogP contribution in [0.2, 0.25) is 0 Å². The molecule has 4 bridgehead atoms. The number of amides is 2. The molecule has 0 atom stereocenters. The third-order valence-electron chi connectivity index (χ3n) is 6.99. The number of rotatable bonds is 6. The van der Waals surface area contributed by atoms with E-state index in [-0.39, 0.29) is 24.5 Å². The van der Waals surface area contributed by atoms with E-state index < -0.39 is 5.97 Å². The summed E-state index contributed by atoms with van der Waals surface area (Å²) >= 11 is 1.35. The van der Waals surface area contributed by atoms with E-state index in [0.29, 0.717) is 28.0 Å². The molecule has 2 aromatic rings. The molecule has 6 nitrogen and oxygen atoms in total. The topological polar surface area (TPSA) is 84.5 Å². The number of hydrogen-bond acceptors (Lipinski definition) is 5. The molecule has 2 N–H and O–H groups in total. The van der Waals surface area contributed by atoms with Gasteiger partial charge in [-0.15, -0.1) is 11.3 Å². The minimum Gasteiger partial charge on any atom is -0.452 e. The van der Waals surface area contributed by atoms with Crippen LogP contribution in [0.25, 0.3) is 0 Å². The molecule has 1 aromatic heterocycles. The molecule has 4 saturated carbocycles. The van der Waals surface area contributed by atoms with Crippen LogP contribution < -0.4 is 10.6 Å². The van der Waals surface area contributed by atoms with E-state index in [9.17, 15) is 14.4 Å². The highest BCUT2D eigenvalue weighted by molar-refractivity contribution is 7.12. The Labute approximate surface area is 185 Å². The van der Waals surface area contributed by atoms with Crippen LogP contribution in [0.4, 0.5) is 5.69 Å². The van der Waals surface area contributed by atoms with Gasteiger partial charge in [-0.2, -0.15) is 0 Å². The zero-order valence-corrected chi connectivity index (χ0v) is 18.0. The Hall–Kier alpha value is -2.67. The molecule has 4 fully saturated rings. The zero-order chi connectivity index (χ0) is 21.4. The molecule has 6 rings (SSSR count). The van der Waals surface area contributed by atoms with Gasteiger partial charge >= 0.3 is 5.97 Å². The minimum atomic E-state index is -0.576. The quantitative estimate of drug-likeness (QED) is 0.665. The molecule has 31 heavy (non-hydrogen) atoms. The standard InChI is InChI=1S/C24H26N2O4S/c27-21(26-22-17-8-14-7-15(10-17)11-18(22)9-14)13-30-24(29)16-3-1-4-19(12-16)25-23(28)20-5-2-6-31-20/h1-6,12,14-15,17-18,22H,7-11,13H2,(H,25,28)(H,26,27). The van der Waals surface area contributed by atoms with Crippen LogP contribution in [0, 0.1) is 23.7 Å². The number of ether oxygens (including phenoxy) is 1. The first-order valence-corrected chi connectivity index (χ1v) is 11.8. The summed E-state index contributed by atoms with van der Waals surface area (Å²) in [6, 6.07) is 10.3. The van der Waals surface area contributed by atoms with Crippen molar-refractivity contribution >= 4 is 34.8 Å². The van der Waals surface area contributed by atoms with E-state index in [1.165, 1.54) is 43.4 Å². The second kappa shape index (κ2) is 8.46. The number of anilines is 1. The average molecular weight is 439 g/mol. The molecule has 1 heterocycles. The van der Waals surface area contributed by atoms with Gasteiger partial charge in [-0.3, -0.25) is 9.59 Å². The van der Waals surface area contributed by atoms with Gasteiger partial charge in [-0.05, 0) is 85.4 Å². The number of hydrogen-bond donors (Lipinski definition) is 2. The van der Waals surface area contributed by atoms with E-state index in [0.717, 1.165) is 11.8 Å². The first-order valence-electron chi connectivity index (χ1n) is 11.0. The van der Waals surface area contributed by atoms with Crippen LogP contribution >= 0.6 is 11.3 Å². The Morgan fingerprint density at radius 1 is 0.968 bits per heavy atom. The normalized spacial score (nSPS) is 28.2. The number of carbonyl (C=O) groups excluding carboxylic acids is 3. The lowest BCUT2D eigenvalue weighted by molar-refractivity contribution is -0.128. The molecule has 0 unspecified atom stereocenters. The fourth-order valence-corrected chi connectivity index (χ4v) is 6.55. The molecule has 2 amide bonds. The predicted octanol–water partition coefficient (Wildman–Crippen LogP) is 4.10. The fraction of sp³-hybridized carbons (Fsp3) is 0.458. The third-order valence-corrected chi connectivity index (χ3v) is 7.86. The monoisotopic (exact) mass is 438 g/mol. The van der Waals surface area contributed by atoms with Crippen molar-refractivity contribution in [1.29, 1.82) is 0 Å². The lowest BCUT2D eigenvalue weighted by atomic mass is 9.54. The number of nitrogens with one attached hydrogen (secondary N) is 2. The summed E-state index contributed by atoms with van der Waals surface area (Å²) in [6.07, 6.45) is 6.27. The molecule has 4 aliphatic rings.